The number of rotatable bonds is 2. The van der Waals surface area contributed by atoms with Crippen molar-refractivity contribution in [2.75, 3.05) is 0 Å². The molecule has 0 bridgehead atoms. The lowest BCUT2D eigenvalue weighted by atomic mass is 10.1. The highest BCUT2D eigenvalue weighted by molar-refractivity contribution is 7.90. The van der Waals surface area contributed by atoms with Crippen LogP contribution in [0, 0.1) is 20.8 Å². The predicted octanol–water partition coefficient (Wildman–Crippen LogP) is 1.64. The zero-order valence-electron chi connectivity index (χ0n) is 8.73. The summed E-state index contributed by atoms with van der Waals surface area (Å²) in [6.45, 7) is 5.22. The van der Waals surface area contributed by atoms with Crippen LogP contribution in [0.5, 0.6) is 0 Å². The number of isocyanates is 1. The van der Waals surface area contributed by atoms with E-state index in [-0.39, 0.29) is 4.90 Å². The summed E-state index contributed by atoms with van der Waals surface area (Å²) in [5, 5.41) is 0. The molecule has 0 unspecified atom stereocenters. The fourth-order valence-corrected chi connectivity index (χ4v) is 2.79. The quantitative estimate of drug-likeness (QED) is 0.567. The molecule has 1 rings (SSSR count). The van der Waals surface area contributed by atoms with Gasteiger partial charge in [-0.15, -0.1) is 0 Å². The number of sulfonamides is 1. The van der Waals surface area contributed by atoms with Crippen molar-refractivity contribution in [1.82, 2.24) is 0 Å². The Kier molecular flexibility index (Phi) is 3.07. The summed E-state index contributed by atoms with van der Waals surface area (Å²) in [6, 6.07) is 3.47. The van der Waals surface area contributed by atoms with Gasteiger partial charge in [0.1, 0.15) is 0 Å². The van der Waals surface area contributed by atoms with E-state index in [1.807, 2.05) is 6.92 Å². The van der Waals surface area contributed by atoms with E-state index in [0.29, 0.717) is 11.1 Å². The lowest BCUT2D eigenvalue weighted by molar-refractivity contribution is 0.563. The normalized spacial score (nSPS) is 10.9. The molecule has 0 aliphatic rings. The van der Waals surface area contributed by atoms with Crippen LogP contribution in [0.1, 0.15) is 16.7 Å². The number of hydrogen-bond acceptors (Lipinski definition) is 3. The minimum atomic E-state index is -3.89. The van der Waals surface area contributed by atoms with E-state index < -0.39 is 10.0 Å². The van der Waals surface area contributed by atoms with Crippen LogP contribution in [0.3, 0.4) is 0 Å². The van der Waals surface area contributed by atoms with Crippen molar-refractivity contribution in [2.45, 2.75) is 25.7 Å². The summed E-state index contributed by atoms with van der Waals surface area (Å²) < 4.78 is 26.0. The van der Waals surface area contributed by atoms with Gasteiger partial charge in [-0.3, -0.25) is 0 Å². The van der Waals surface area contributed by atoms with E-state index in [0.717, 1.165) is 11.6 Å². The first kappa shape index (κ1) is 11.6. The highest BCUT2D eigenvalue weighted by atomic mass is 32.2. The average molecular weight is 225 g/mol. The molecule has 1 aromatic rings. The number of hydrogen-bond donors (Lipinski definition) is 0. The topological polar surface area (TPSA) is 63.6 Å². The summed E-state index contributed by atoms with van der Waals surface area (Å²) in [4.78, 5) is 10.1. The van der Waals surface area contributed by atoms with Crippen molar-refractivity contribution in [3.63, 3.8) is 0 Å². The van der Waals surface area contributed by atoms with Gasteiger partial charge in [-0.1, -0.05) is 22.1 Å². The number of carbonyl (C=O) groups excluding carboxylic acids is 1. The molecule has 0 atom stereocenters. The van der Waals surface area contributed by atoms with E-state index in [9.17, 15) is 13.2 Å². The fourth-order valence-electron chi connectivity index (χ4n) is 1.67. The monoisotopic (exact) mass is 225 g/mol. The first-order valence-corrected chi connectivity index (χ1v) is 5.74. The predicted molar refractivity (Wildman–Crippen MR) is 56.0 cm³/mol. The summed E-state index contributed by atoms with van der Waals surface area (Å²) in [7, 11) is -3.89. The Bertz CT molecular complexity index is 517. The van der Waals surface area contributed by atoms with Crippen LogP contribution < -0.4 is 0 Å². The van der Waals surface area contributed by atoms with Crippen LogP contribution in [0.15, 0.2) is 21.4 Å². The zero-order valence-corrected chi connectivity index (χ0v) is 9.55. The Morgan fingerprint density at radius 1 is 1.13 bits per heavy atom. The fraction of sp³-hybridized carbons (Fsp3) is 0.300. The summed E-state index contributed by atoms with van der Waals surface area (Å²) in [5.74, 6) is 0. The molecule has 1 aromatic carbocycles. The Morgan fingerprint density at radius 3 is 2.00 bits per heavy atom. The molecule has 5 heteroatoms. The SMILES string of the molecule is Cc1cc(C)c(S(=O)(=O)N=C=O)c(C)c1. The maximum absolute atomic E-state index is 11.6. The van der Waals surface area contributed by atoms with Gasteiger partial charge in [-0.25, -0.2) is 4.79 Å². The molecule has 0 N–H and O–H groups in total. The first-order chi connectivity index (χ1) is 6.88. The molecular weight excluding hydrogens is 214 g/mol. The van der Waals surface area contributed by atoms with Gasteiger partial charge in [0.05, 0.1) is 4.90 Å². The van der Waals surface area contributed by atoms with E-state index >= 15 is 0 Å². The Labute approximate surface area is 88.7 Å². The molecule has 0 saturated heterocycles. The van der Waals surface area contributed by atoms with Gasteiger partial charge in [0.15, 0.2) is 0 Å². The third-order valence-electron chi connectivity index (χ3n) is 2.02. The van der Waals surface area contributed by atoms with Gasteiger partial charge in [0, 0.05) is 0 Å². The summed E-state index contributed by atoms with van der Waals surface area (Å²) >= 11 is 0. The number of benzene rings is 1. The van der Waals surface area contributed by atoms with Gasteiger partial charge in [-0.2, -0.15) is 8.42 Å². The Hall–Kier alpha value is -1.45. The van der Waals surface area contributed by atoms with Crippen molar-refractivity contribution >= 4 is 16.1 Å². The molecule has 4 nitrogen and oxygen atoms in total. The Morgan fingerprint density at radius 2 is 1.60 bits per heavy atom. The van der Waals surface area contributed by atoms with Crippen molar-refractivity contribution in [3.05, 3.63) is 28.8 Å². The van der Waals surface area contributed by atoms with Gasteiger partial charge in [0.2, 0.25) is 0 Å². The second-order valence-electron chi connectivity index (χ2n) is 3.39. The largest absolute Gasteiger partial charge is 0.293 e. The molecular formula is C10H11NO3S. The minimum Gasteiger partial charge on any atom is -0.210 e. The van der Waals surface area contributed by atoms with Gasteiger partial charge in [-0.05, 0) is 31.9 Å². The summed E-state index contributed by atoms with van der Waals surface area (Å²) in [6.07, 6.45) is 1.06. The van der Waals surface area contributed by atoms with Gasteiger partial charge in [0.25, 0.3) is 16.1 Å². The average Bonchev–Trinajstić information content (AvgIpc) is 1.99. The lowest BCUT2D eigenvalue weighted by Gasteiger charge is -2.07. The van der Waals surface area contributed by atoms with Crippen LogP contribution in [0.4, 0.5) is 0 Å². The van der Waals surface area contributed by atoms with E-state index in [1.165, 1.54) is 0 Å². The number of nitrogens with zero attached hydrogens (tertiary/aromatic N) is 1. The molecule has 0 aliphatic heterocycles. The van der Waals surface area contributed by atoms with Gasteiger partial charge < -0.3 is 0 Å². The summed E-state index contributed by atoms with van der Waals surface area (Å²) in [5.41, 5.74) is 2.15. The van der Waals surface area contributed by atoms with Crippen molar-refractivity contribution < 1.29 is 13.2 Å². The molecule has 0 aliphatic carbocycles. The highest BCUT2D eigenvalue weighted by Gasteiger charge is 2.18. The highest BCUT2D eigenvalue weighted by Crippen LogP contribution is 2.23. The molecule has 0 fully saturated rings. The number of aryl methyl sites for hydroxylation is 3. The van der Waals surface area contributed by atoms with Crippen molar-refractivity contribution in [2.24, 2.45) is 4.40 Å². The zero-order chi connectivity index (χ0) is 11.6. The van der Waals surface area contributed by atoms with E-state index in [2.05, 4.69) is 4.40 Å². The smallest absolute Gasteiger partial charge is 0.210 e. The molecule has 80 valence electrons. The molecule has 0 amide bonds. The van der Waals surface area contributed by atoms with E-state index in [4.69, 9.17) is 0 Å². The molecule has 0 spiro atoms. The Balaban J connectivity index is 3.59. The maximum Gasteiger partial charge on any atom is 0.293 e. The standard InChI is InChI=1S/C10H11NO3S/c1-7-4-8(2)10(9(3)5-7)15(13,14)11-6-12/h4-5H,1-3H3. The molecule has 15 heavy (non-hydrogen) atoms. The maximum atomic E-state index is 11.6. The molecule has 0 saturated carbocycles. The van der Waals surface area contributed by atoms with E-state index in [1.54, 1.807) is 26.0 Å². The minimum absolute atomic E-state index is 0.0939. The first-order valence-electron chi connectivity index (χ1n) is 4.30. The second kappa shape index (κ2) is 3.96. The molecule has 0 heterocycles. The van der Waals surface area contributed by atoms with Crippen LogP contribution in [0.2, 0.25) is 0 Å². The van der Waals surface area contributed by atoms with Gasteiger partial charge >= 0.3 is 0 Å². The van der Waals surface area contributed by atoms with Crippen molar-refractivity contribution in [1.29, 1.82) is 0 Å². The molecule has 0 radical (unpaired) electrons. The van der Waals surface area contributed by atoms with Crippen LogP contribution in [-0.4, -0.2) is 14.5 Å². The van der Waals surface area contributed by atoms with Crippen LogP contribution >= 0.6 is 0 Å². The second-order valence-corrected chi connectivity index (χ2v) is 4.93. The third kappa shape index (κ3) is 2.32. The lowest BCUT2D eigenvalue weighted by Crippen LogP contribution is -2.02. The molecule has 0 aromatic heterocycles. The van der Waals surface area contributed by atoms with Crippen LogP contribution in [-0.2, 0) is 14.8 Å². The third-order valence-corrected chi connectivity index (χ3v) is 3.49. The van der Waals surface area contributed by atoms with Crippen molar-refractivity contribution in [3.8, 4) is 0 Å². The van der Waals surface area contributed by atoms with Crippen LogP contribution in [0.25, 0.3) is 0 Å².